The zero-order valence-electron chi connectivity index (χ0n) is 16.8. The summed E-state index contributed by atoms with van der Waals surface area (Å²) < 4.78 is 44.5. The highest BCUT2D eigenvalue weighted by Crippen LogP contribution is 2.44. The molecular weight excluding hydrogens is 393 g/mol. The molecule has 8 heteroatoms. The summed E-state index contributed by atoms with van der Waals surface area (Å²) in [5, 5.41) is 5.80. The van der Waals surface area contributed by atoms with Crippen LogP contribution in [-0.4, -0.2) is 28.5 Å². The van der Waals surface area contributed by atoms with Crippen molar-refractivity contribution in [2.75, 3.05) is 18.4 Å². The van der Waals surface area contributed by atoms with E-state index in [9.17, 15) is 18.0 Å². The highest BCUT2D eigenvalue weighted by Gasteiger charge is 2.39. The molecule has 1 aliphatic rings. The Morgan fingerprint density at radius 1 is 1.27 bits per heavy atom. The number of aromatic nitrogens is 2. The second-order valence-corrected chi connectivity index (χ2v) is 7.84. The number of alkyl halides is 3. The number of anilines is 1. The van der Waals surface area contributed by atoms with Gasteiger partial charge in [-0.05, 0) is 49.0 Å². The van der Waals surface area contributed by atoms with Crippen LogP contribution in [0, 0.1) is 5.92 Å². The van der Waals surface area contributed by atoms with Gasteiger partial charge in [-0.1, -0.05) is 25.1 Å². The molecule has 1 amide bonds. The van der Waals surface area contributed by atoms with E-state index in [1.165, 1.54) is 0 Å². The molecule has 30 heavy (non-hydrogen) atoms. The molecule has 2 aromatic heterocycles. The Labute approximate surface area is 172 Å². The smallest absolute Gasteiger partial charge is 0.335 e. The topological polar surface area (TPSA) is 59.0 Å². The molecule has 1 saturated heterocycles. The van der Waals surface area contributed by atoms with E-state index in [0.29, 0.717) is 5.56 Å². The largest absolute Gasteiger partial charge is 0.419 e. The molecule has 4 rings (SSSR count). The molecule has 1 aromatic carbocycles. The van der Waals surface area contributed by atoms with Crippen LogP contribution in [0.15, 0.2) is 42.7 Å². The normalized spacial score (nSPS) is 19.8. The van der Waals surface area contributed by atoms with Gasteiger partial charge in [-0.3, -0.25) is 4.79 Å². The summed E-state index contributed by atoms with van der Waals surface area (Å²) in [6.45, 7) is 3.54. The zero-order chi connectivity index (χ0) is 21.5. The van der Waals surface area contributed by atoms with E-state index in [2.05, 4.69) is 15.6 Å². The van der Waals surface area contributed by atoms with Crippen molar-refractivity contribution in [3.05, 3.63) is 59.4 Å². The van der Waals surface area contributed by atoms with Gasteiger partial charge >= 0.3 is 6.18 Å². The molecule has 158 valence electrons. The van der Waals surface area contributed by atoms with Crippen LogP contribution in [0.3, 0.4) is 0 Å². The van der Waals surface area contributed by atoms with E-state index in [1.54, 1.807) is 48.1 Å². The van der Waals surface area contributed by atoms with Crippen LogP contribution in [0.4, 0.5) is 18.9 Å². The number of nitrogens with one attached hydrogen (secondary N) is 2. The number of fused-ring (bicyclic) bond motifs is 1. The lowest BCUT2D eigenvalue weighted by molar-refractivity contribution is -0.135. The third kappa shape index (κ3) is 3.67. The fraction of sp³-hybridized carbons (Fsp3) is 0.364. The van der Waals surface area contributed by atoms with Crippen molar-refractivity contribution in [2.24, 2.45) is 13.0 Å². The van der Waals surface area contributed by atoms with Crippen molar-refractivity contribution >= 4 is 22.6 Å². The third-order valence-electron chi connectivity index (χ3n) is 5.77. The van der Waals surface area contributed by atoms with Gasteiger partial charge in [0.05, 0.1) is 17.4 Å². The molecule has 0 spiro atoms. The molecule has 2 N–H and O–H groups in total. The van der Waals surface area contributed by atoms with Crippen molar-refractivity contribution in [1.82, 2.24) is 14.9 Å². The number of hydrogen-bond acceptors (Lipinski definition) is 3. The van der Waals surface area contributed by atoms with Crippen molar-refractivity contribution in [2.45, 2.75) is 25.4 Å². The minimum absolute atomic E-state index is 0.0158. The number of halogens is 3. The molecule has 3 heterocycles. The number of carbonyl (C=O) groups excluding carboxylic acids is 1. The molecule has 3 aromatic rings. The zero-order valence-corrected chi connectivity index (χ0v) is 16.8. The Morgan fingerprint density at radius 2 is 2.00 bits per heavy atom. The fourth-order valence-corrected chi connectivity index (χ4v) is 4.31. The first kappa shape index (κ1) is 20.4. The summed E-state index contributed by atoms with van der Waals surface area (Å²) in [4.78, 5) is 16.8. The van der Waals surface area contributed by atoms with E-state index < -0.39 is 17.6 Å². The van der Waals surface area contributed by atoms with Crippen LogP contribution < -0.4 is 10.6 Å². The Kier molecular flexibility index (Phi) is 5.27. The number of rotatable bonds is 3. The van der Waals surface area contributed by atoms with Gasteiger partial charge in [0.15, 0.2) is 0 Å². The van der Waals surface area contributed by atoms with Crippen molar-refractivity contribution in [1.29, 1.82) is 0 Å². The number of amides is 1. The Balaban J connectivity index is 1.87. The quantitative estimate of drug-likeness (QED) is 0.658. The standard InChI is InChI=1S/C22H23F3N4O/c1-13-10-26-9-8-15(13)16-12-29(2)20-18(16)19(22(23,24)25)17(11-27-20)28-21(30)14-6-4-3-5-7-14/h3-7,11-13,15,26H,8-10H2,1-2H3,(H,28,30). The summed E-state index contributed by atoms with van der Waals surface area (Å²) in [7, 11) is 1.70. The van der Waals surface area contributed by atoms with Gasteiger partial charge < -0.3 is 15.2 Å². The lowest BCUT2D eigenvalue weighted by Crippen LogP contribution is -2.33. The van der Waals surface area contributed by atoms with E-state index >= 15 is 0 Å². The van der Waals surface area contributed by atoms with E-state index in [-0.39, 0.29) is 34.1 Å². The molecule has 2 unspecified atom stereocenters. The second-order valence-electron chi connectivity index (χ2n) is 7.84. The molecule has 1 aliphatic heterocycles. The van der Waals surface area contributed by atoms with Gasteiger partial charge in [-0.2, -0.15) is 13.2 Å². The number of piperidine rings is 1. The molecule has 0 saturated carbocycles. The monoisotopic (exact) mass is 416 g/mol. The Bertz CT molecular complexity index is 1080. The van der Waals surface area contributed by atoms with E-state index in [0.717, 1.165) is 25.7 Å². The second kappa shape index (κ2) is 7.75. The molecule has 1 fully saturated rings. The van der Waals surface area contributed by atoms with Gasteiger partial charge in [0.25, 0.3) is 5.91 Å². The number of pyridine rings is 1. The lowest BCUT2D eigenvalue weighted by Gasteiger charge is -2.30. The van der Waals surface area contributed by atoms with Gasteiger partial charge in [0, 0.05) is 24.2 Å². The summed E-state index contributed by atoms with van der Waals surface area (Å²) in [6.07, 6.45) is -1.05. The minimum Gasteiger partial charge on any atom is -0.335 e. The molecule has 0 bridgehead atoms. The van der Waals surface area contributed by atoms with E-state index in [4.69, 9.17) is 0 Å². The van der Waals surface area contributed by atoms with Gasteiger partial charge in [-0.25, -0.2) is 4.98 Å². The average molecular weight is 416 g/mol. The maximum absolute atomic E-state index is 14.3. The lowest BCUT2D eigenvalue weighted by atomic mass is 9.81. The molecular formula is C22H23F3N4O. The predicted molar refractivity (Wildman–Crippen MR) is 110 cm³/mol. The molecule has 5 nitrogen and oxygen atoms in total. The molecule has 0 aliphatic carbocycles. The van der Waals surface area contributed by atoms with E-state index in [1.807, 2.05) is 6.92 Å². The third-order valence-corrected chi connectivity index (χ3v) is 5.77. The average Bonchev–Trinajstić information content (AvgIpc) is 3.04. The highest BCUT2D eigenvalue weighted by atomic mass is 19.4. The summed E-state index contributed by atoms with van der Waals surface area (Å²) in [5.74, 6) is -0.430. The number of aryl methyl sites for hydroxylation is 1. The molecule has 2 atom stereocenters. The summed E-state index contributed by atoms with van der Waals surface area (Å²) >= 11 is 0. The fourth-order valence-electron chi connectivity index (χ4n) is 4.31. The maximum atomic E-state index is 14.3. The van der Waals surface area contributed by atoms with Crippen molar-refractivity contribution in [3.63, 3.8) is 0 Å². The minimum atomic E-state index is -4.65. The first-order valence-corrected chi connectivity index (χ1v) is 9.89. The van der Waals surface area contributed by atoms with Crippen LogP contribution in [0.25, 0.3) is 11.0 Å². The number of carbonyl (C=O) groups is 1. The van der Waals surface area contributed by atoms with Gasteiger partial charge in [0.2, 0.25) is 0 Å². The first-order valence-electron chi connectivity index (χ1n) is 9.89. The molecule has 0 radical (unpaired) electrons. The first-order chi connectivity index (χ1) is 14.3. The maximum Gasteiger partial charge on any atom is 0.419 e. The van der Waals surface area contributed by atoms with Gasteiger partial charge in [-0.15, -0.1) is 0 Å². The van der Waals surface area contributed by atoms with Crippen molar-refractivity contribution in [3.8, 4) is 0 Å². The number of benzene rings is 1. The summed E-state index contributed by atoms with van der Waals surface area (Å²) in [5.41, 5.74) is 0.0277. The Hall–Kier alpha value is -2.87. The van der Waals surface area contributed by atoms with Crippen LogP contribution >= 0.6 is 0 Å². The number of nitrogens with zero attached hydrogens (tertiary/aromatic N) is 2. The van der Waals surface area contributed by atoms with Crippen LogP contribution in [0.2, 0.25) is 0 Å². The highest BCUT2D eigenvalue weighted by molar-refractivity contribution is 6.06. The van der Waals surface area contributed by atoms with Gasteiger partial charge in [0.1, 0.15) is 5.65 Å². The predicted octanol–water partition coefficient (Wildman–Crippen LogP) is 4.56. The number of hydrogen-bond donors (Lipinski definition) is 2. The summed E-state index contributed by atoms with van der Waals surface area (Å²) in [6, 6.07) is 8.17. The van der Waals surface area contributed by atoms with Crippen LogP contribution in [-0.2, 0) is 13.2 Å². The van der Waals surface area contributed by atoms with Crippen LogP contribution in [0.5, 0.6) is 0 Å². The van der Waals surface area contributed by atoms with Crippen molar-refractivity contribution < 1.29 is 18.0 Å². The Morgan fingerprint density at radius 3 is 2.67 bits per heavy atom. The SMILES string of the molecule is CC1CNCCC1c1cn(C)c2ncc(NC(=O)c3ccccc3)c(C(F)(F)F)c12. The van der Waals surface area contributed by atoms with Crippen LogP contribution in [0.1, 0.15) is 40.7 Å².